The second-order valence-electron chi connectivity index (χ2n) is 2.91. The minimum absolute atomic E-state index is 0.538. The summed E-state index contributed by atoms with van der Waals surface area (Å²) in [6.45, 7) is 13.9. The second-order valence-corrected chi connectivity index (χ2v) is 2.91. The number of terminal acetylenes is 1. The lowest BCUT2D eigenvalue weighted by Crippen LogP contribution is -1.86. The van der Waals surface area contributed by atoms with Gasteiger partial charge in [0.05, 0.1) is 0 Å². The van der Waals surface area contributed by atoms with Crippen molar-refractivity contribution in [3.63, 3.8) is 0 Å². The lowest BCUT2D eigenvalue weighted by molar-refractivity contribution is 0.795. The molecule has 0 aliphatic rings. The van der Waals surface area contributed by atoms with Crippen molar-refractivity contribution in [2.75, 3.05) is 0 Å². The van der Waals surface area contributed by atoms with Crippen molar-refractivity contribution >= 4 is 0 Å². The van der Waals surface area contributed by atoms with E-state index in [2.05, 4.69) is 39.9 Å². The highest BCUT2D eigenvalue weighted by Crippen LogP contribution is 2.08. The number of rotatable bonds is 3. The molecule has 0 bridgehead atoms. The summed E-state index contributed by atoms with van der Waals surface area (Å²) in [5, 5.41) is 0. The summed E-state index contributed by atoms with van der Waals surface area (Å²) in [6.07, 6.45) is 12.0. The monoisotopic (exact) mass is 162 g/mol. The summed E-state index contributed by atoms with van der Waals surface area (Å²) >= 11 is 0. The Morgan fingerprint density at radius 3 is 1.83 bits per heavy atom. The topological polar surface area (TPSA) is 0 Å². The van der Waals surface area contributed by atoms with Crippen LogP contribution in [0.25, 0.3) is 0 Å². The fraction of sp³-hybridized carbons (Fsp3) is 0.333. The maximum absolute atomic E-state index is 4.00. The van der Waals surface area contributed by atoms with Crippen LogP contribution in [0, 0.1) is 18.8 Å². The van der Waals surface area contributed by atoms with Gasteiger partial charge >= 0.3 is 0 Å². The van der Waals surface area contributed by atoms with Gasteiger partial charge in [0.15, 0.2) is 0 Å². The Morgan fingerprint density at radius 1 is 1.17 bits per heavy atom. The number of hydrogen-bond donors (Lipinski definition) is 0. The fourth-order valence-electron chi connectivity index (χ4n) is 0.442. The Kier molecular flexibility index (Phi) is 8.79. The third-order valence-electron chi connectivity index (χ3n) is 1.32. The highest BCUT2D eigenvalue weighted by atomic mass is 14.0. The molecule has 0 nitrogen and oxygen atoms in total. The van der Waals surface area contributed by atoms with Crippen molar-refractivity contribution in [1.29, 1.82) is 0 Å². The molecule has 0 heteroatoms. The van der Waals surface area contributed by atoms with Crippen LogP contribution >= 0.6 is 0 Å². The molecule has 0 heterocycles. The van der Waals surface area contributed by atoms with E-state index in [0.717, 1.165) is 11.1 Å². The third kappa shape index (κ3) is 8.78. The lowest BCUT2D eigenvalue weighted by atomic mass is 10.0. The molecule has 0 aromatic rings. The molecular weight excluding hydrogens is 144 g/mol. The van der Waals surface area contributed by atoms with Crippen LogP contribution in [-0.2, 0) is 0 Å². The summed E-state index contributed by atoms with van der Waals surface area (Å²) in [5.74, 6) is 0.538. The van der Waals surface area contributed by atoms with Crippen LogP contribution in [0.5, 0.6) is 0 Å². The van der Waals surface area contributed by atoms with E-state index < -0.39 is 0 Å². The lowest BCUT2D eigenvalue weighted by Gasteiger charge is -2.01. The molecule has 0 unspecified atom stereocenters. The minimum Gasteiger partial charge on any atom is -0.124 e. The van der Waals surface area contributed by atoms with Gasteiger partial charge in [-0.15, -0.1) is 12.8 Å². The Balaban J connectivity index is 0. The molecule has 0 aliphatic heterocycles. The van der Waals surface area contributed by atoms with E-state index in [0.29, 0.717) is 5.92 Å². The van der Waals surface area contributed by atoms with E-state index in [4.69, 9.17) is 0 Å². The molecule has 12 heavy (non-hydrogen) atoms. The zero-order valence-corrected chi connectivity index (χ0v) is 8.30. The molecule has 0 fully saturated rings. The van der Waals surface area contributed by atoms with Gasteiger partial charge in [0.25, 0.3) is 0 Å². The van der Waals surface area contributed by atoms with Crippen LogP contribution in [0.3, 0.4) is 0 Å². The first-order chi connectivity index (χ1) is 5.54. The van der Waals surface area contributed by atoms with E-state index in [1.165, 1.54) is 0 Å². The molecule has 0 rings (SSSR count). The molecular formula is C12H18. The van der Waals surface area contributed by atoms with Gasteiger partial charge in [-0.05, 0) is 12.8 Å². The first kappa shape index (κ1) is 13.4. The Morgan fingerprint density at radius 2 is 1.58 bits per heavy atom. The van der Waals surface area contributed by atoms with Crippen LogP contribution in [0.1, 0.15) is 20.8 Å². The Bertz CT molecular complexity index is 189. The van der Waals surface area contributed by atoms with Gasteiger partial charge in [-0.1, -0.05) is 50.3 Å². The van der Waals surface area contributed by atoms with Crippen molar-refractivity contribution in [1.82, 2.24) is 0 Å². The highest BCUT2D eigenvalue weighted by molar-refractivity contribution is 5.23. The predicted molar refractivity (Wildman–Crippen MR) is 57.8 cm³/mol. The largest absolute Gasteiger partial charge is 0.124 e. The first-order valence-corrected chi connectivity index (χ1v) is 3.89. The Labute approximate surface area is 76.7 Å². The van der Waals surface area contributed by atoms with Crippen molar-refractivity contribution in [2.45, 2.75) is 20.8 Å². The van der Waals surface area contributed by atoms with Crippen molar-refractivity contribution < 1.29 is 0 Å². The van der Waals surface area contributed by atoms with Crippen LogP contribution < -0.4 is 0 Å². The normalized spacial score (nSPS) is 9.17. The first-order valence-electron chi connectivity index (χ1n) is 3.89. The quantitative estimate of drug-likeness (QED) is 0.439. The highest BCUT2D eigenvalue weighted by Gasteiger charge is 1.92. The molecule has 0 N–H and O–H groups in total. The summed E-state index contributed by atoms with van der Waals surface area (Å²) in [4.78, 5) is 0. The minimum atomic E-state index is 0.538. The molecule has 0 radical (unpaired) electrons. The summed E-state index contributed by atoms with van der Waals surface area (Å²) in [6, 6.07) is 0. The van der Waals surface area contributed by atoms with E-state index in [1.807, 2.05) is 19.1 Å². The predicted octanol–water partition coefficient (Wildman–Crippen LogP) is 3.58. The summed E-state index contributed by atoms with van der Waals surface area (Å²) in [5.41, 5.74) is 2.23. The summed E-state index contributed by atoms with van der Waals surface area (Å²) in [7, 11) is 0. The van der Waals surface area contributed by atoms with E-state index in [1.54, 1.807) is 0 Å². The van der Waals surface area contributed by atoms with Crippen molar-refractivity contribution in [3.05, 3.63) is 36.5 Å². The van der Waals surface area contributed by atoms with Crippen LogP contribution in [0.15, 0.2) is 36.5 Å². The maximum atomic E-state index is 4.00. The molecule has 0 aromatic heterocycles. The van der Waals surface area contributed by atoms with E-state index in [9.17, 15) is 0 Å². The van der Waals surface area contributed by atoms with Crippen LogP contribution in [0.4, 0.5) is 0 Å². The average Bonchev–Trinajstić information content (AvgIpc) is 2.03. The number of hydrogen-bond acceptors (Lipinski definition) is 0. The van der Waals surface area contributed by atoms with Crippen LogP contribution in [-0.4, -0.2) is 0 Å². The van der Waals surface area contributed by atoms with Crippen LogP contribution in [0.2, 0.25) is 0 Å². The van der Waals surface area contributed by atoms with Gasteiger partial charge in [0.1, 0.15) is 0 Å². The molecule has 0 spiro atoms. The van der Waals surface area contributed by atoms with E-state index in [-0.39, 0.29) is 0 Å². The van der Waals surface area contributed by atoms with Gasteiger partial charge in [-0.2, -0.15) is 0 Å². The zero-order chi connectivity index (χ0) is 10.1. The van der Waals surface area contributed by atoms with Gasteiger partial charge in [-0.25, -0.2) is 0 Å². The van der Waals surface area contributed by atoms with Crippen molar-refractivity contribution in [2.24, 2.45) is 5.92 Å². The molecule has 0 atom stereocenters. The SMILES string of the molecule is C#C.C=C(C)/C=C\C(=C)C(C)C. The molecule has 0 saturated heterocycles. The average molecular weight is 162 g/mol. The Hall–Kier alpha value is -1.22. The fourth-order valence-corrected chi connectivity index (χ4v) is 0.442. The molecule has 66 valence electrons. The molecule has 0 saturated carbocycles. The van der Waals surface area contributed by atoms with E-state index >= 15 is 0 Å². The van der Waals surface area contributed by atoms with Gasteiger partial charge in [-0.3, -0.25) is 0 Å². The van der Waals surface area contributed by atoms with Gasteiger partial charge < -0.3 is 0 Å². The molecule has 0 aromatic carbocycles. The standard InChI is InChI=1S/C10H16.C2H2/c1-8(2)6-7-10(5)9(3)4;1-2/h6-7,9H,1,5H2,2-4H3;1-2H/b7-6-;. The maximum Gasteiger partial charge on any atom is -0.0225 e. The summed E-state index contributed by atoms with van der Waals surface area (Å²) < 4.78 is 0. The molecule has 0 amide bonds. The third-order valence-corrected chi connectivity index (χ3v) is 1.32. The molecule has 0 aliphatic carbocycles. The van der Waals surface area contributed by atoms with Gasteiger partial charge in [0.2, 0.25) is 0 Å². The van der Waals surface area contributed by atoms with Gasteiger partial charge in [0, 0.05) is 0 Å². The van der Waals surface area contributed by atoms with Crippen molar-refractivity contribution in [3.8, 4) is 12.8 Å². The zero-order valence-electron chi connectivity index (χ0n) is 8.30. The smallest absolute Gasteiger partial charge is 0.0225 e. The second kappa shape index (κ2) is 7.88. The number of allylic oxidation sites excluding steroid dienone is 4.